The molecule has 0 unspecified atom stereocenters. The van der Waals surface area contributed by atoms with Crippen LogP contribution in [-0.2, 0) is 6.42 Å². The van der Waals surface area contributed by atoms with E-state index < -0.39 is 23.7 Å². The summed E-state index contributed by atoms with van der Waals surface area (Å²) in [5.41, 5.74) is 3.68. The summed E-state index contributed by atoms with van der Waals surface area (Å²) in [5, 5.41) is 2.22. The van der Waals surface area contributed by atoms with Gasteiger partial charge in [-0.1, -0.05) is 60.7 Å². The molecule has 0 aliphatic rings. The van der Waals surface area contributed by atoms with Gasteiger partial charge in [-0.2, -0.15) is 0 Å². The summed E-state index contributed by atoms with van der Waals surface area (Å²) in [6.07, 6.45) is -1.43. The van der Waals surface area contributed by atoms with Gasteiger partial charge in [0.2, 0.25) is 5.75 Å². The lowest BCUT2D eigenvalue weighted by Crippen LogP contribution is -2.19. The smallest absolute Gasteiger partial charge is 0.399 e. The molecule has 0 aromatic heterocycles. The molecule has 0 amide bonds. The van der Waals surface area contributed by atoms with E-state index in [1.54, 1.807) is 24.3 Å². The van der Waals surface area contributed by atoms with E-state index in [1.165, 1.54) is 5.56 Å². The fourth-order valence-corrected chi connectivity index (χ4v) is 3.69. The SMILES string of the molecule is C=CCCc1ccc2cc(-c3ccc(-c4cc(F)c(OC(F)(F)F)c(F)c4)cc3)ccc2c1. The number of rotatable bonds is 6. The number of aryl methyl sites for hydroxylation is 1. The molecule has 0 aliphatic carbocycles. The summed E-state index contributed by atoms with van der Waals surface area (Å²) < 4.78 is 68.5. The molecule has 0 saturated carbocycles. The van der Waals surface area contributed by atoms with Crippen LogP contribution in [-0.4, -0.2) is 6.36 Å². The number of benzene rings is 4. The summed E-state index contributed by atoms with van der Waals surface area (Å²) in [6, 6.07) is 21.0. The molecular weight excluding hydrogens is 435 g/mol. The highest BCUT2D eigenvalue weighted by atomic mass is 19.4. The number of halogens is 5. The Morgan fingerprint density at radius 1 is 0.697 bits per heavy atom. The summed E-state index contributed by atoms with van der Waals surface area (Å²) in [7, 11) is 0. The second kappa shape index (κ2) is 9.06. The van der Waals surface area contributed by atoms with Crippen LogP contribution in [0.15, 0.2) is 85.5 Å². The maximum Gasteiger partial charge on any atom is 0.573 e. The third kappa shape index (κ3) is 5.22. The molecule has 1 nitrogen and oxygen atoms in total. The van der Waals surface area contributed by atoms with Gasteiger partial charge in [0.15, 0.2) is 11.6 Å². The molecule has 0 bridgehead atoms. The molecule has 4 aromatic carbocycles. The summed E-state index contributed by atoms with van der Waals surface area (Å²) >= 11 is 0. The van der Waals surface area contributed by atoms with E-state index in [-0.39, 0.29) is 5.56 Å². The Balaban J connectivity index is 1.59. The standard InChI is InChI=1S/C27H19F5O/c1-2-3-4-17-5-6-22-14-21(12-11-20(22)13-17)18-7-9-19(10-8-18)23-15-24(28)26(25(29)16-23)33-27(30,31)32/h2,5-16H,1,3-4H2. The number of alkyl halides is 3. The maximum atomic E-state index is 14.0. The normalized spacial score (nSPS) is 11.5. The average Bonchev–Trinajstić information content (AvgIpc) is 2.79. The monoisotopic (exact) mass is 454 g/mol. The lowest BCUT2D eigenvalue weighted by atomic mass is 9.97. The Bertz CT molecular complexity index is 1280. The van der Waals surface area contributed by atoms with E-state index in [0.717, 1.165) is 46.9 Å². The van der Waals surface area contributed by atoms with Crippen molar-refractivity contribution in [2.75, 3.05) is 0 Å². The molecule has 0 aliphatic heterocycles. The van der Waals surface area contributed by atoms with Crippen molar-refractivity contribution in [3.63, 3.8) is 0 Å². The number of ether oxygens (including phenoxy) is 1. The van der Waals surface area contributed by atoms with E-state index in [4.69, 9.17) is 0 Å². The third-order valence-corrected chi connectivity index (χ3v) is 5.31. The van der Waals surface area contributed by atoms with Gasteiger partial charge in [0, 0.05) is 0 Å². The minimum Gasteiger partial charge on any atom is -0.399 e. The molecule has 33 heavy (non-hydrogen) atoms. The first kappa shape index (κ1) is 22.5. The van der Waals surface area contributed by atoms with Gasteiger partial charge < -0.3 is 4.74 Å². The van der Waals surface area contributed by atoms with Crippen molar-refractivity contribution in [3.8, 4) is 28.0 Å². The van der Waals surface area contributed by atoms with Crippen LogP contribution in [0.3, 0.4) is 0 Å². The Kier molecular flexibility index (Phi) is 6.18. The fourth-order valence-electron chi connectivity index (χ4n) is 3.69. The number of fused-ring (bicyclic) bond motifs is 1. The highest BCUT2D eigenvalue weighted by Crippen LogP contribution is 2.34. The maximum absolute atomic E-state index is 14.0. The molecule has 0 heterocycles. The van der Waals surface area contributed by atoms with Crippen molar-refractivity contribution >= 4 is 10.8 Å². The second-order valence-electron chi connectivity index (χ2n) is 7.62. The predicted octanol–water partition coefficient (Wildman–Crippen LogP) is 8.47. The second-order valence-corrected chi connectivity index (χ2v) is 7.62. The van der Waals surface area contributed by atoms with Crippen molar-refractivity contribution in [2.24, 2.45) is 0 Å². The molecular formula is C27H19F5O. The summed E-state index contributed by atoms with van der Waals surface area (Å²) in [6.45, 7) is 3.75. The zero-order valence-electron chi connectivity index (χ0n) is 17.4. The van der Waals surface area contributed by atoms with Crippen molar-refractivity contribution in [2.45, 2.75) is 19.2 Å². The van der Waals surface area contributed by atoms with Gasteiger partial charge in [-0.05, 0) is 69.6 Å². The molecule has 0 fully saturated rings. The van der Waals surface area contributed by atoms with Gasteiger partial charge in [-0.15, -0.1) is 19.8 Å². The van der Waals surface area contributed by atoms with E-state index in [1.807, 2.05) is 18.2 Å². The first-order chi connectivity index (χ1) is 15.7. The van der Waals surface area contributed by atoms with Crippen molar-refractivity contribution in [1.29, 1.82) is 0 Å². The summed E-state index contributed by atoms with van der Waals surface area (Å²) in [4.78, 5) is 0. The Morgan fingerprint density at radius 3 is 1.85 bits per heavy atom. The molecule has 4 rings (SSSR count). The quantitative estimate of drug-likeness (QED) is 0.210. The van der Waals surface area contributed by atoms with Crippen molar-refractivity contribution < 1.29 is 26.7 Å². The minimum absolute atomic E-state index is 0.108. The zero-order valence-corrected chi connectivity index (χ0v) is 17.4. The van der Waals surface area contributed by atoms with Crippen LogP contribution in [0.2, 0.25) is 0 Å². The lowest BCUT2D eigenvalue weighted by Gasteiger charge is -2.12. The van der Waals surface area contributed by atoms with Gasteiger partial charge in [0.05, 0.1) is 0 Å². The number of hydrogen-bond donors (Lipinski definition) is 0. The average molecular weight is 454 g/mol. The molecule has 6 heteroatoms. The summed E-state index contributed by atoms with van der Waals surface area (Å²) in [5.74, 6) is -4.31. The van der Waals surface area contributed by atoms with Gasteiger partial charge in [0.1, 0.15) is 0 Å². The largest absolute Gasteiger partial charge is 0.573 e. The molecule has 4 aromatic rings. The van der Waals surface area contributed by atoms with Gasteiger partial charge in [-0.3, -0.25) is 0 Å². The molecule has 0 spiro atoms. The minimum atomic E-state index is -5.18. The molecule has 0 saturated heterocycles. The van der Waals surface area contributed by atoms with Gasteiger partial charge >= 0.3 is 6.36 Å². The lowest BCUT2D eigenvalue weighted by molar-refractivity contribution is -0.276. The topological polar surface area (TPSA) is 9.23 Å². The van der Waals surface area contributed by atoms with Crippen LogP contribution in [0.5, 0.6) is 5.75 Å². The van der Waals surface area contributed by atoms with Crippen LogP contribution in [0.1, 0.15) is 12.0 Å². The van der Waals surface area contributed by atoms with Crippen LogP contribution >= 0.6 is 0 Å². The zero-order chi connectivity index (χ0) is 23.6. The van der Waals surface area contributed by atoms with Crippen LogP contribution < -0.4 is 4.74 Å². The third-order valence-electron chi connectivity index (χ3n) is 5.31. The number of hydrogen-bond acceptors (Lipinski definition) is 1. The van der Waals surface area contributed by atoms with E-state index in [2.05, 4.69) is 35.6 Å². The first-order valence-corrected chi connectivity index (χ1v) is 10.2. The predicted molar refractivity (Wildman–Crippen MR) is 120 cm³/mol. The highest BCUT2D eigenvalue weighted by Gasteiger charge is 2.34. The van der Waals surface area contributed by atoms with E-state index >= 15 is 0 Å². The Morgan fingerprint density at radius 2 is 1.24 bits per heavy atom. The van der Waals surface area contributed by atoms with Crippen LogP contribution in [0.4, 0.5) is 22.0 Å². The molecule has 168 valence electrons. The Labute approximate surface area is 187 Å². The van der Waals surface area contributed by atoms with E-state index in [0.29, 0.717) is 5.56 Å². The molecule has 0 radical (unpaired) electrons. The Hall–Kier alpha value is -3.67. The van der Waals surface area contributed by atoms with Crippen molar-refractivity contribution in [3.05, 3.63) is 103 Å². The highest BCUT2D eigenvalue weighted by molar-refractivity contribution is 5.88. The van der Waals surface area contributed by atoms with Gasteiger partial charge in [-0.25, -0.2) is 8.78 Å². The van der Waals surface area contributed by atoms with Crippen LogP contribution in [0.25, 0.3) is 33.0 Å². The first-order valence-electron chi connectivity index (χ1n) is 10.2. The molecule has 0 atom stereocenters. The van der Waals surface area contributed by atoms with Gasteiger partial charge in [0.25, 0.3) is 0 Å². The van der Waals surface area contributed by atoms with Crippen LogP contribution in [0, 0.1) is 11.6 Å². The van der Waals surface area contributed by atoms with Crippen molar-refractivity contribution in [1.82, 2.24) is 0 Å². The fraction of sp³-hybridized carbons (Fsp3) is 0.111. The van der Waals surface area contributed by atoms with E-state index in [9.17, 15) is 22.0 Å². The number of allylic oxidation sites excluding steroid dienone is 1. The molecule has 0 N–H and O–H groups in total.